The Morgan fingerprint density at radius 1 is 1.21 bits per heavy atom. The van der Waals surface area contributed by atoms with Crippen molar-refractivity contribution in [2.24, 2.45) is 0 Å². The number of carbonyl (C=O) groups is 1. The summed E-state index contributed by atoms with van der Waals surface area (Å²) in [6.45, 7) is 4.44. The second-order valence-electron chi connectivity index (χ2n) is 3.93. The van der Waals surface area contributed by atoms with Crippen LogP contribution in [0.2, 0.25) is 0 Å². The van der Waals surface area contributed by atoms with Crippen LogP contribution in [0.1, 0.15) is 21.5 Å². The van der Waals surface area contributed by atoms with Crippen LogP contribution in [0.25, 0.3) is 0 Å². The molecule has 0 aliphatic rings. The van der Waals surface area contributed by atoms with E-state index >= 15 is 0 Å². The molecule has 1 aromatic carbocycles. The Bertz CT molecular complexity index is 322. The Morgan fingerprint density at radius 3 is 2.14 bits per heavy atom. The molecule has 2 nitrogen and oxygen atoms in total. The lowest BCUT2D eigenvalue weighted by Crippen LogP contribution is -2.22. The van der Waals surface area contributed by atoms with Crippen LogP contribution < -0.4 is 0 Å². The Hall–Kier alpha value is -1.15. The lowest BCUT2D eigenvalue weighted by molar-refractivity contribution is 0.0956. The Balaban J connectivity index is 3.00. The minimum atomic E-state index is 0.200. The molecule has 0 aromatic heterocycles. The van der Waals surface area contributed by atoms with Gasteiger partial charge >= 0.3 is 0 Å². The number of hydrogen-bond acceptors (Lipinski definition) is 2. The molecule has 0 atom stereocenters. The van der Waals surface area contributed by atoms with Gasteiger partial charge in [-0.2, -0.15) is 0 Å². The molecule has 0 N–H and O–H groups in total. The minimum Gasteiger partial charge on any atom is -0.302 e. The van der Waals surface area contributed by atoms with E-state index in [1.165, 1.54) is 0 Å². The molecule has 0 aliphatic carbocycles. The van der Waals surface area contributed by atoms with Crippen LogP contribution in [0.3, 0.4) is 0 Å². The summed E-state index contributed by atoms with van der Waals surface area (Å²) < 4.78 is 0. The maximum absolute atomic E-state index is 11.9. The van der Waals surface area contributed by atoms with Crippen molar-refractivity contribution in [3.8, 4) is 0 Å². The first-order valence-electron chi connectivity index (χ1n) is 4.76. The summed E-state index contributed by atoms with van der Waals surface area (Å²) in [6.07, 6.45) is 0. The molecular weight excluding hydrogens is 174 g/mol. The number of aryl methyl sites for hydroxylation is 2. The van der Waals surface area contributed by atoms with Crippen LogP contribution in [-0.4, -0.2) is 31.3 Å². The van der Waals surface area contributed by atoms with Gasteiger partial charge in [-0.3, -0.25) is 4.79 Å². The van der Waals surface area contributed by atoms with Crippen molar-refractivity contribution in [3.63, 3.8) is 0 Å². The topological polar surface area (TPSA) is 20.3 Å². The number of ketones is 1. The van der Waals surface area contributed by atoms with Crippen LogP contribution in [0.5, 0.6) is 0 Å². The summed E-state index contributed by atoms with van der Waals surface area (Å²) >= 11 is 0. The molecule has 0 spiro atoms. The van der Waals surface area contributed by atoms with E-state index in [4.69, 9.17) is 0 Å². The van der Waals surface area contributed by atoms with Gasteiger partial charge in [0.1, 0.15) is 0 Å². The van der Waals surface area contributed by atoms with Gasteiger partial charge in [-0.15, -0.1) is 0 Å². The van der Waals surface area contributed by atoms with Crippen molar-refractivity contribution in [2.45, 2.75) is 13.8 Å². The van der Waals surface area contributed by atoms with Gasteiger partial charge in [0.15, 0.2) is 5.78 Å². The van der Waals surface area contributed by atoms with Gasteiger partial charge in [-0.05, 0) is 39.1 Å². The first-order chi connectivity index (χ1) is 6.52. The molecule has 1 rings (SSSR count). The van der Waals surface area contributed by atoms with Gasteiger partial charge in [0.25, 0.3) is 0 Å². The highest BCUT2D eigenvalue weighted by Gasteiger charge is 2.11. The summed E-state index contributed by atoms with van der Waals surface area (Å²) in [5, 5.41) is 0. The van der Waals surface area contributed by atoms with Gasteiger partial charge in [-0.1, -0.05) is 18.2 Å². The van der Waals surface area contributed by atoms with Gasteiger partial charge in [0, 0.05) is 5.56 Å². The van der Waals surface area contributed by atoms with Crippen molar-refractivity contribution in [1.29, 1.82) is 0 Å². The first kappa shape index (κ1) is 10.9. The number of likely N-dealkylation sites (N-methyl/N-ethyl adjacent to an activating group) is 1. The molecule has 1 aromatic rings. The van der Waals surface area contributed by atoms with E-state index in [1.54, 1.807) is 0 Å². The van der Waals surface area contributed by atoms with Crippen molar-refractivity contribution in [1.82, 2.24) is 4.90 Å². The van der Waals surface area contributed by atoms with Gasteiger partial charge in [-0.25, -0.2) is 0 Å². The van der Waals surface area contributed by atoms with E-state index in [-0.39, 0.29) is 5.78 Å². The molecule has 0 fully saturated rings. The van der Waals surface area contributed by atoms with Crippen LogP contribution >= 0.6 is 0 Å². The SMILES string of the molecule is Cc1cccc(C)c1C(=O)CN(C)C. The smallest absolute Gasteiger partial charge is 0.177 e. The highest BCUT2D eigenvalue weighted by molar-refractivity contribution is 6.00. The van der Waals surface area contributed by atoms with Crippen molar-refractivity contribution < 1.29 is 4.79 Å². The predicted octanol–water partition coefficient (Wildman–Crippen LogP) is 2.05. The van der Waals surface area contributed by atoms with Crippen molar-refractivity contribution in [2.75, 3.05) is 20.6 Å². The molecular formula is C12H17NO. The maximum Gasteiger partial charge on any atom is 0.177 e. The second-order valence-corrected chi connectivity index (χ2v) is 3.93. The molecule has 0 saturated carbocycles. The normalized spacial score (nSPS) is 10.6. The van der Waals surface area contributed by atoms with E-state index in [0.29, 0.717) is 6.54 Å². The zero-order valence-corrected chi connectivity index (χ0v) is 9.29. The fourth-order valence-electron chi connectivity index (χ4n) is 1.62. The molecule has 76 valence electrons. The number of rotatable bonds is 3. The number of carbonyl (C=O) groups excluding carboxylic acids is 1. The summed E-state index contributed by atoms with van der Waals surface area (Å²) in [6, 6.07) is 5.95. The summed E-state index contributed by atoms with van der Waals surface area (Å²) in [7, 11) is 3.82. The molecule has 0 amide bonds. The van der Waals surface area contributed by atoms with Gasteiger partial charge in [0.05, 0.1) is 6.54 Å². The molecule has 14 heavy (non-hydrogen) atoms. The van der Waals surface area contributed by atoms with Crippen molar-refractivity contribution in [3.05, 3.63) is 34.9 Å². The fraction of sp³-hybridized carbons (Fsp3) is 0.417. The average Bonchev–Trinajstić information content (AvgIpc) is 2.01. The van der Waals surface area contributed by atoms with Gasteiger partial charge < -0.3 is 4.90 Å². The predicted molar refractivity (Wildman–Crippen MR) is 58.8 cm³/mol. The molecule has 0 aliphatic heterocycles. The molecule has 0 heterocycles. The highest BCUT2D eigenvalue weighted by atomic mass is 16.1. The fourth-order valence-corrected chi connectivity index (χ4v) is 1.62. The lowest BCUT2D eigenvalue weighted by atomic mass is 9.99. The number of benzene rings is 1. The Kier molecular flexibility index (Phi) is 3.42. The van der Waals surface area contributed by atoms with Crippen LogP contribution in [0, 0.1) is 13.8 Å². The third-order valence-electron chi connectivity index (χ3n) is 2.22. The average molecular weight is 191 g/mol. The number of Topliss-reactive ketones (excluding diaryl/α,β-unsaturated/α-hetero) is 1. The van der Waals surface area contributed by atoms with E-state index in [0.717, 1.165) is 16.7 Å². The summed E-state index contributed by atoms with van der Waals surface area (Å²) in [5.41, 5.74) is 3.01. The third kappa shape index (κ3) is 2.42. The quantitative estimate of drug-likeness (QED) is 0.681. The van der Waals surface area contributed by atoms with E-state index < -0.39 is 0 Å². The molecule has 0 radical (unpaired) electrons. The standard InChI is InChI=1S/C12H17NO/c1-9-6-5-7-10(2)12(9)11(14)8-13(3)4/h5-7H,8H2,1-4H3. The molecule has 0 bridgehead atoms. The van der Waals surface area contributed by atoms with E-state index in [1.807, 2.05) is 51.0 Å². The van der Waals surface area contributed by atoms with E-state index in [2.05, 4.69) is 0 Å². The summed E-state index contributed by atoms with van der Waals surface area (Å²) in [4.78, 5) is 13.8. The third-order valence-corrected chi connectivity index (χ3v) is 2.22. The number of hydrogen-bond donors (Lipinski definition) is 0. The van der Waals surface area contributed by atoms with Crippen molar-refractivity contribution >= 4 is 5.78 Å². The molecule has 0 unspecified atom stereocenters. The van der Waals surface area contributed by atoms with Crippen LogP contribution in [-0.2, 0) is 0 Å². The largest absolute Gasteiger partial charge is 0.302 e. The van der Waals surface area contributed by atoms with Crippen LogP contribution in [0.15, 0.2) is 18.2 Å². The maximum atomic E-state index is 11.9. The lowest BCUT2D eigenvalue weighted by Gasteiger charge is -2.12. The monoisotopic (exact) mass is 191 g/mol. The zero-order valence-electron chi connectivity index (χ0n) is 9.29. The number of nitrogens with zero attached hydrogens (tertiary/aromatic N) is 1. The van der Waals surface area contributed by atoms with E-state index in [9.17, 15) is 4.79 Å². The first-order valence-corrected chi connectivity index (χ1v) is 4.76. The van der Waals surface area contributed by atoms with Crippen LogP contribution in [0.4, 0.5) is 0 Å². The molecule has 0 saturated heterocycles. The Labute approximate surface area is 85.5 Å². The Morgan fingerprint density at radius 2 is 1.71 bits per heavy atom. The van der Waals surface area contributed by atoms with Gasteiger partial charge in [0.2, 0.25) is 0 Å². The zero-order chi connectivity index (χ0) is 10.7. The minimum absolute atomic E-state index is 0.200. The second kappa shape index (κ2) is 4.38. The molecule has 2 heteroatoms. The summed E-state index contributed by atoms with van der Waals surface area (Å²) in [5.74, 6) is 0.200. The highest BCUT2D eigenvalue weighted by Crippen LogP contribution is 2.13.